The van der Waals surface area contributed by atoms with E-state index in [2.05, 4.69) is 57.2 Å². The van der Waals surface area contributed by atoms with Gasteiger partial charge in [-0.15, -0.1) is 11.8 Å². The Hall–Kier alpha value is -2.83. The number of aromatic nitrogens is 2. The molecule has 0 amide bonds. The van der Waals surface area contributed by atoms with Gasteiger partial charge in [-0.1, -0.05) is 37.3 Å². The van der Waals surface area contributed by atoms with Crippen molar-refractivity contribution in [2.75, 3.05) is 32.5 Å². The zero-order valence-corrected chi connectivity index (χ0v) is 19.4. The molecule has 2 aromatic carbocycles. The van der Waals surface area contributed by atoms with Crippen LogP contribution in [0.15, 0.2) is 71.2 Å². The number of aliphatic imine (C=N–C) groups is 1. The summed E-state index contributed by atoms with van der Waals surface area (Å²) in [6.07, 6.45) is 9.63. The lowest BCUT2D eigenvalue weighted by Gasteiger charge is -2.26. The van der Waals surface area contributed by atoms with E-state index in [0.717, 1.165) is 47.0 Å². The molecule has 0 saturated carbocycles. The van der Waals surface area contributed by atoms with Gasteiger partial charge in [0.2, 0.25) is 0 Å². The molecule has 2 heterocycles. The number of allylic oxidation sites excluding steroid dienone is 1. The van der Waals surface area contributed by atoms with E-state index in [0.29, 0.717) is 0 Å². The van der Waals surface area contributed by atoms with Gasteiger partial charge in [0, 0.05) is 23.2 Å². The lowest BCUT2D eigenvalue weighted by Crippen LogP contribution is -2.33. The molecule has 0 aliphatic carbocycles. The number of rotatable bonds is 9. The van der Waals surface area contributed by atoms with E-state index >= 15 is 0 Å². The average molecular weight is 447 g/mol. The molecule has 0 atom stereocenters. The first kappa shape index (κ1) is 22.4. The second-order valence-electron chi connectivity index (χ2n) is 7.92. The smallest absolute Gasteiger partial charge is 0.155 e. The third-order valence-electron chi connectivity index (χ3n) is 5.72. The number of aromatic amines is 1. The van der Waals surface area contributed by atoms with E-state index in [9.17, 15) is 0 Å². The predicted molar refractivity (Wildman–Crippen MR) is 135 cm³/mol. The van der Waals surface area contributed by atoms with Crippen LogP contribution in [0.3, 0.4) is 0 Å². The first-order valence-electron chi connectivity index (χ1n) is 11.1. The largest absolute Gasteiger partial charge is 0.492 e. The number of hydrogen-bond acceptors (Lipinski definition) is 5. The van der Waals surface area contributed by atoms with Crippen LogP contribution < -0.4 is 4.74 Å². The van der Waals surface area contributed by atoms with Crippen LogP contribution in [-0.4, -0.2) is 53.8 Å². The first-order chi connectivity index (χ1) is 15.7. The highest BCUT2D eigenvalue weighted by molar-refractivity contribution is 7.98. The quantitative estimate of drug-likeness (QED) is 0.320. The number of piperidine rings is 1. The second kappa shape index (κ2) is 11.2. The van der Waals surface area contributed by atoms with E-state index in [4.69, 9.17) is 4.74 Å². The monoisotopic (exact) mass is 446 g/mol. The summed E-state index contributed by atoms with van der Waals surface area (Å²) in [6, 6.07) is 16.5. The summed E-state index contributed by atoms with van der Waals surface area (Å²) in [7, 11) is 0. The number of ether oxygens (including phenoxy) is 1. The Balaban J connectivity index is 1.33. The molecule has 0 unspecified atom stereocenters. The summed E-state index contributed by atoms with van der Waals surface area (Å²) in [5, 5.41) is 7.15. The maximum absolute atomic E-state index is 5.92. The Bertz CT molecular complexity index is 1030. The van der Waals surface area contributed by atoms with Gasteiger partial charge in [0.25, 0.3) is 0 Å². The molecule has 3 aromatic rings. The number of likely N-dealkylation sites (tertiary alicyclic amines) is 1. The number of nitrogens with one attached hydrogen (secondary N) is 1. The summed E-state index contributed by atoms with van der Waals surface area (Å²) in [6.45, 7) is 8.28. The van der Waals surface area contributed by atoms with Gasteiger partial charge in [-0.2, -0.15) is 5.10 Å². The van der Waals surface area contributed by atoms with Crippen LogP contribution in [0.25, 0.3) is 16.7 Å². The fourth-order valence-corrected chi connectivity index (χ4v) is 4.23. The molecule has 32 heavy (non-hydrogen) atoms. The van der Waals surface area contributed by atoms with Crippen molar-refractivity contribution >= 4 is 29.4 Å². The standard InChI is InChI=1S/C26H30N4OS/c1-20(18-27-26-25(19-28-29-26)22-8-12-24(32-2)13-9-22)21-6-10-23(11-7-21)31-17-16-30-14-4-3-5-15-30/h6-13,18-19H,1,3-5,14-17H2,2H3,(H,28,29)/b27-18-. The maximum Gasteiger partial charge on any atom is 0.155 e. The Labute approximate surface area is 194 Å². The fourth-order valence-electron chi connectivity index (χ4n) is 3.82. The van der Waals surface area contributed by atoms with Gasteiger partial charge in [-0.25, -0.2) is 4.99 Å². The number of H-pyrrole nitrogens is 1. The van der Waals surface area contributed by atoms with Crippen LogP contribution >= 0.6 is 11.8 Å². The number of thioether (sulfide) groups is 1. The van der Waals surface area contributed by atoms with Crippen LogP contribution in [0, 0.1) is 0 Å². The van der Waals surface area contributed by atoms with Crippen molar-refractivity contribution in [1.29, 1.82) is 0 Å². The van der Waals surface area contributed by atoms with Crippen molar-refractivity contribution in [1.82, 2.24) is 15.1 Å². The van der Waals surface area contributed by atoms with E-state index in [1.165, 1.54) is 37.2 Å². The zero-order chi connectivity index (χ0) is 22.2. The Morgan fingerprint density at radius 3 is 2.59 bits per heavy atom. The third kappa shape index (κ3) is 5.90. The molecule has 1 saturated heterocycles. The molecular formula is C26H30N4OS. The number of hydrogen-bond donors (Lipinski definition) is 1. The molecule has 0 radical (unpaired) electrons. The lowest BCUT2D eigenvalue weighted by molar-refractivity contribution is 0.183. The van der Waals surface area contributed by atoms with Crippen molar-refractivity contribution in [3.05, 3.63) is 66.9 Å². The van der Waals surface area contributed by atoms with E-state index < -0.39 is 0 Å². The number of nitrogens with zero attached hydrogens (tertiary/aromatic N) is 3. The Kier molecular flexibility index (Phi) is 7.80. The first-order valence-corrected chi connectivity index (χ1v) is 12.3. The van der Waals surface area contributed by atoms with Gasteiger partial charge >= 0.3 is 0 Å². The summed E-state index contributed by atoms with van der Waals surface area (Å²) in [5.41, 5.74) is 3.91. The topological polar surface area (TPSA) is 53.5 Å². The molecule has 0 bridgehead atoms. The highest BCUT2D eigenvalue weighted by Gasteiger charge is 2.10. The van der Waals surface area contributed by atoms with Crippen LogP contribution in [0.5, 0.6) is 5.75 Å². The molecule has 166 valence electrons. The lowest BCUT2D eigenvalue weighted by atomic mass is 10.1. The molecule has 1 aliphatic heterocycles. The predicted octanol–water partition coefficient (Wildman–Crippen LogP) is 6.08. The minimum absolute atomic E-state index is 0.723. The van der Waals surface area contributed by atoms with Crippen molar-refractivity contribution in [3.8, 4) is 16.9 Å². The molecular weight excluding hydrogens is 416 g/mol. The molecule has 5 nitrogen and oxygen atoms in total. The van der Waals surface area contributed by atoms with Crippen molar-refractivity contribution in [2.24, 2.45) is 4.99 Å². The second-order valence-corrected chi connectivity index (χ2v) is 8.80. The molecule has 1 aromatic heterocycles. The average Bonchev–Trinajstić information content (AvgIpc) is 3.32. The maximum atomic E-state index is 5.92. The van der Waals surface area contributed by atoms with Gasteiger partial charge in [-0.05, 0) is 73.2 Å². The molecule has 4 rings (SSSR count). The van der Waals surface area contributed by atoms with Crippen molar-refractivity contribution < 1.29 is 4.74 Å². The fraction of sp³-hybridized carbons (Fsp3) is 0.308. The SMILES string of the molecule is C=C(/C=N\c1[nH]ncc1-c1ccc(SC)cc1)c1ccc(OCCN2CCCCC2)cc1. The zero-order valence-electron chi connectivity index (χ0n) is 18.6. The molecule has 1 fully saturated rings. The molecule has 6 heteroatoms. The van der Waals surface area contributed by atoms with Crippen molar-refractivity contribution in [3.63, 3.8) is 0 Å². The van der Waals surface area contributed by atoms with Gasteiger partial charge in [0.05, 0.1) is 6.20 Å². The summed E-state index contributed by atoms with van der Waals surface area (Å²) >= 11 is 1.73. The van der Waals surface area contributed by atoms with E-state index in [1.807, 2.05) is 24.3 Å². The summed E-state index contributed by atoms with van der Waals surface area (Å²) < 4.78 is 5.92. The van der Waals surface area contributed by atoms with Crippen LogP contribution in [0.1, 0.15) is 24.8 Å². The minimum atomic E-state index is 0.723. The highest BCUT2D eigenvalue weighted by Crippen LogP contribution is 2.29. The highest BCUT2D eigenvalue weighted by atomic mass is 32.2. The molecule has 1 aliphatic rings. The summed E-state index contributed by atoms with van der Waals surface area (Å²) in [5.74, 6) is 1.61. The van der Waals surface area contributed by atoms with E-state index in [-0.39, 0.29) is 0 Å². The third-order valence-corrected chi connectivity index (χ3v) is 6.46. The van der Waals surface area contributed by atoms with Crippen molar-refractivity contribution in [2.45, 2.75) is 24.2 Å². The van der Waals surface area contributed by atoms with Gasteiger partial charge in [-0.3, -0.25) is 10.00 Å². The normalized spacial score (nSPS) is 14.7. The Morgan fingerprint density at radius 2 is 1.88 bits per heavy atom. The molecule has 1 N–H and O–H groups in total. The van der Waals surface area contributed by atoms with Gasteiger partial charge < -0.3 is 4.74 Å². The molecule has 0 spiro atoms. The van der Waals surface area contributed by atoms with Crippen LogP contribution in [0.2, 0.25) is 0 Å². The number of benzene rings is 2. The Morgan fingerprint density at radius 1 is 1.12 bits per heavy atom. The van der Waals surface area contributed by atoms with Crippen LogP contribution in [0.4, 0.5) is 5.82 Å². The van der Waals surface area contributed by atoms with Gasteiger partial charge in [0.15, 0.2) is 5.82 Å². The summed E-state index contributed by atoms with van der Waals surface area (Å²) in [4.78, 5) is 8.31. The van der Waals surface area contributed by atoms with Crippen LogP contribution in [-0.2, 0) is 0 Å². The van der Waals surface area contributed by atoms with E-state index in [1.54, 1.807) is 24.2 Å². The van der Waals surface area contributed by atoms with Gasteiger partial charge in [0.1, 0.15) is 12.4 Å². The minimum Gasteiger partial charge on any atom is -0.492 e.